The van der Waals surface area contributed by atoms with Crippen molar-refractivity contribution in [1.82, 2.24) is 19.6 Å². The Kier molecular flexibility index (Phi) is 8.13. The van der Waals surface area contributed by atoms with Gasteiger partial charge >= 0.3 is 12.2 Å². The minimum atomic E-state index is -0.630. The number of rotatable bonds is 7. The first-order chi connectivity index (χ1) is 15.7. The van der Waals surface area contributed by atoms with Crippen molar-refractivity contribution in [3.63, 3.8) is 0 Å². The van der Waals surface area contributed by atoms with Crippen LogP contribution in [0.15, 0.2) is 0 Å². The van der Waals surface area contributed by atoms with Crippen LogP contribution in [0.5, 0.6) is 0 Å². The van der Waals surface area contributed by atoms with E-state index in [1.165, 1.54) is 0 Å². The van der Waals surface area contributed by atoms with E-state index >= 15 is 0 Å². The topological polar surface area (TPSA) is 65.6 Å². The Hall–Kier alpha value is -1.54. The highest BCUT2D eigenvalue weighted by atomic mass is 16.6. The zero-order valence-corrected chi connectivity index (χ0v) is 22.9. The van der Waals surface area contributed by atoms with Crippen LogP contribution in [-0.2, 0) is 9.47 Å². The molecule has 3 aliphatic rings. The summed E-state index contributed by atoms with van der Waals surface area (Å²) in [7, 11) is 0. The molecule has 3 heterocycles. The van der Waals surface area contributed by atoms with Gasteiger partial charge < -0.3 is 14.4 Å². The molecule has 8 heteroatoms. The van der Waals surface area contributed by atoms with Crippen molar-refractivity contribution >= 4 is 12.2 Å². The summed E-state index contributed by atoms with van der Waals surface area (Å²) in [5.74, 6) is 0. The van der Waals surface area contributed by atoms with Crippen LogP contribution in [0.2, 0.25) is 0 Å². The van der Waals surface area contributed by atoms with Gasteiger partial charge in [-0.3, -0.25) is 14.7 Å². The molecule has 3 fully saturated rings. The van der Waals surface area contributed by atoms with Crippen LogP contribution in [0.4, 0.5) is 9.59 Å². The molecule has 0 aromatic heterocycles. The number of nitrogens with zero attached hydrogens (tertiary/aromatic N) is 4. The number of ether oxygens (including phenoxy) is 2. The Morgan fingerprint density at radius 2 is 1.26 bits per heavy atom. The van der Waals surface area contributed by atoms with Crippen LogP contribution in [0, 0.1) is 0 Å². The minimum absolute atomic E-state index is 0.0498. The maximum atomic E-state index is 13.1. The van der Waals surface area contributed by atoms with Crippen molar-refractivity contribution in [3.8, 4) is 0 Å². The van der Waals surface area contributed by atoms with E-state index in [0.717, 1.165) is 45.6 Å². The summed E-state index contributed by atoms with van der Waals surface area (Å²) >= 11 is 0. The summed E-state index contributed by atoms with van der Waals surface area (Å²) in [6.45, 7) is 22.4. The Labute approximate surface area is 206 Å². The van der Waals surface area contributed by atoms with Gasteiger partial charge in [-0.25, -0.2) is 9.59 Å². The molecule has 0 atom stereocenters. The molecule has 0 saturated carbocycles. The Morgan fingerprint density at radius 1 is 0.765 bits per heavy atom. The molecule has 0 aromatic rings. The summed E-state index contributed by atoms with van der Waals surface area (Å²) in [6, 6.07) is 0.998. The number of piperazine rings is 1. The van der Waals surface area contributed by atoms with Crippen molar-refractivity contribution in [1.29, 1.82) is 0 Å². The number of likely N-dealkylation sites (tertiary alicyclic amines) is 2. The number of hydrogen-bond donors (Lipinski definition) is 0. The fraction of sp³-hybridized carbons (Fsp3) is 0.923. The monoisotopic (exact) mass is 480 g/mol. The lowest BCUT2D eigenvalue weighted by atomic mass is 9.86. The first kappa shape index (κ1) is 27.1. The summed E-state index contributed by atoms with van der Waals surface area (Å²) in [5, 5.41) is 0. The molecule has 0 bridgehead atoms. The highest BCUT2D eigenvalue weighted by Gasteiger charge is 2.53. The molecule has 0 N–H and O–H groups in total. The van der Waals surface area contributed by atoms with Gasteiger partial charge in [0.1, 0.15) is 11.2 Å². The van der Waals surface area contributed by atoms with Gasteiger partial charge in [0.25, 0.3) is 0 Å². The standard InChI is InChI=1S/C26H48N4O4/c1-20(2)27-14-16-28(17-15-27)22(31)33-24(5,6)11-12-25(7,8)34-23(32)30-13-9-10-26(30)18-29(19-26)21(3)4/h20-21H,9-19H2,1-8H3. The molecular weight excluding hydrogens is 432 g/mol. The maximum absolute atomic E-state index is 13.1. The van der Waals surface area contributed by atoms with Crippen LogP contribution in [0.25, 0.3) is 0 Å². The van der Waals surface area contributed by atoms with Crippen LogP contribution in [0.3, 0.4) is 0 Å². The molecule has 8 nitrogen and oxygen atoms in total. The molecule has 0 aromatic carbocycles. The smallest absolute Gasteiger partial charge is 0.410 e. The zero-order chi connectivity index (χ0) is 25.3. The van der Waals surface area contributed by atoms with Crippen molar-refractivity contribution in [3.05, 3.63) is 0 Å². The fourth-order valence-corrected chi connectivity index (χ4v) is 5.34. The van der Waals surface area contributed by atoms with Crippen molar-refractivity contribution < 1.29 is 19.1 Å². The molecular formula is C26H48N4O4. The van der Waals surface area contributed by atoms with E-state index < -0.39 is 11.2 Å². The summed E-state index contributed by atoms with van der Waals surface area (Å²) in [4.78, 5) is 34.4. The summed E-state index contributed by atoms with van der Waals surface area (Å²) < 4.78 is 11.9. The minimum Gasteiger partial charge on any atom is -0.443 e. The number of hydrogen-bond acceptors (Lipinski definition) is 6. The average Bonchev–Trinajstić information content (AvgIpc) is 3.16. The van der Waals surface area contributed by atoms with E-state index in [1.54, 1.807) is 4.90 Å². The van der Waals surface area contributed by atoms with Gasteiger partial charge in [-0.15, -0.1) is 0 Å². The number of carbonyl (C=O) groups excluding carboxylic acids is 2. The van der Waals surface area contributed by atoms with Gasteiger partial charge in [-0.2, -0.15) is 0 Å². The third-order valence-electron chi connectivity index (χ3n) is 7.90. The van der Waals surface area contributed by atoms with Gasteiger partial charge in [0.15, 0.2) is 0 Å². The van der Waals surface area contributed by atoms with E-state index in [2.05, 4.69) is 37.5 Å². The molecule has 196 valence electrons. The van der Waals surface area contributed by atoms with Gasteiger partial charge in [0.2, 0.25) is 0 Å². The van der Waals surface area contributed by atoms with E-state index in [1.807, 2.05) is 32.6 Å². The van der Waals surface area contributed by atoms with E-state index in [9.17, 15) is 9.59 Å². The predicted molar refractivity (Wildman–Crippen MR) is 134 cm³/mol. The Balaban J connectivity index is 1.46. The Bertz CT molecular complexity index is 722. The van der Waals surface area contributed by atoms with Crippen LogP contribution in [0.1, 0.15) is 81.1 Å². The van der Waals surface area contributed by atoms with Gasteiger partial charge in [-0.05, 0) is 81.1 Å². The van der Waals surface area contributed by atoms with Gasteiger partial charge in [0, 0.05) is 57.9 Å². The molecule has 34 heavy (non-hydrogen) atoms. The first-order valence-corrected chi connectivity index (χ1v) is 13.2. The van der Waals surface area contributed by atoms with Gasteiger partial charge in [-0.1, -0.05) is 0 Å². The van der Waals surface area contributed by atoms with E-state index in [0.29, 0.717) is 38.0 Å². The third-order valence-corrected chi connectivity index (χ3v) is 7.90. The lowest BCUT2D eigenvalue weighted by molar-refractivity contribution is -0.0666. The third kappa shape index (κ3) is 6.36. The average molecular weight is 481 g/mol. The molecule has 3 aliphatic heterocycles. The SMILES string of the molecule is CC(C)N1CCN(C(=O)OC(C)(C)CCC(C)(C)OC(=O)N2CCCC23CN(C(C)C)C3)CC1. The summed E-state index contributed by atoms with van der Waals surface area (Å²) in [6.07, 6.45) is 2.89. The Morgan fingerprint density at radius 3 is 1.76 bits per heavy atom. The highest BCUT2D eigenvalue weighted by Crippen LogP contribution is 2.39. The molecule has 3 saturated heterocycles. The fourth-order valence-electron chi connectivity index (χ4n) is 5.34. The largest absolute Gasteiger partial charge is 0.443 e. The van der Waals surface area contributed by atoms with Crippen molar-refractivity contribution in [2.45, 2.75) is 110 Å². The number of carbonyl (C=O) groups is 2. The molecule has 1 spiro atoms. The number of amides is 2. The second-order valence-corrected chi connectivity index (χ2v) is 12.4. The predicted octanol–water partition coefficient (Wildman–Crippen LogP) is 4.18. The lowest BCUT2D eigenvalue weighted by Gasteiger charge is -2.54. The van der Waals surface area contributed by atoms with Crippen molar-refractivity contribution in [2.75, 3.05) is 45.8 Å². The molecule has 0 radical (unpaired) electrons. The molecule has 0 unspecified atom stereocenters. The zero-order valence-electron chi connectivity index (χ0n) is 22.9. The van der Waals surface area contributed by atoms with Crippen LogP contribution < -0.4 is 0 Å². The second kappa shape index (κ2) is 10.2. The van der Waals surface area contributed by atoms with Crippen LogP contribution >= 0.6 is 0 Å². The first-order valence-electron chi connectivity index (χ1n) is 13.2. The molecule has 0 aliphatic carbocycles. The van der Waals surface area contributed by atoms with E-state index in [-0.39, 0.29) is 17.7 Å². The normalized spacial score (nSPS) is 21.9. The van der Waals surface area contributed by atoms with Gasteiger partial charge in [0.05, 0.1) is 5.54 Å². The summed E-state index contributed by atoms with van der Waals surface area (Å²) in [5.41, 5.74) is -1.31. The molecule has 2 amide bonds. The van der Waals surface area contributed by atoms with E-state index in [4.69, 9.17) is 9.47 Å². The quantitative estimate of drug-likeness (QED) is 0.545. The second-order valence-electron chi connectivity index (χ2n) is 12.4. The lowest BCUT2D eigenvalue weighted by Crippen LogP contribution is -2.70. The molecule has 3 rings (SSSR count). The van der Waals surface area contributed by atoms with Crippen molar-refractivity contribution in [2.24, 2.45) is 0 Å². The maximum Gasteiger partial charge on any atom is 0.410 e. The highest BCUT2D eigenvalue weighted by molar-refractivity contribution is 5.70. The van der Waals surface area contributed by atoms with Crippen LogP contribution in [-0.4, -0.2) is 106 Å².